The quantitative estimate of drug-likeness (QED) is 0.624. The van der Waals surface area contributed by atoms with Crippen molar-refractivity contribution in [2.24, 2.45) is 0 Å². The van der Waals surface area contributed by atoms with Gasteiger partial charge in [-0.25, -0.2) is 20.0 Å². The van der Waals surface area contributed by atoms with Crippen LogP contribution in [0.5, 0.6) is 0 Å². The number of amides is 4. The fourth-order valence-electron chi connectivity index (χ4n) is 3.29. The Morgan fingerprint density at radius 1 is 1.17 bits per heavy atom. The molecule has 3 N–H and O–H groups in total. The first-order valence-electron chi connectivity index (χ1n) is 10.2. The van der Waals surface area contributed by atoms with Crippen LogP contribution in [0.15, 0.2) is 29.6 Å². The minimum absolute atomic E-state index is 0.156. The number of carbonyl (C=O) groups excluding carboxylic acids is 2. The second-order valence-corrected chi connectivity index (χ2v) is 8.21. The summed E-state index contributed by atoms with van der Waals surface area (Å²) in [4.78, 5) is 29.8. The minimum Gasteiger partial charge on any atom is -0.336 e. The van der Waals surface area contributed by atoms with Crippen LogP contribution >= 0.6 is 11.3 Å². The van der Waals surface area contributed by atoms with E-state index < -0.39 is 6.03 Å². The van der Waals surface area contributed by atoms with Crippen molar-refractivity contribution in [1.82, 2.24) is 21.0 Å². The summed E-state index contributed by atoms with van der Waals surface area (Å²) >= 11 is 1.32. The zero-order valence-electron chi connectivity index (χ0n) is 17.0. The third-order valence-corrected chi connectivity index (χ3v) is 5.74. The van der Waals surface area contributed by atoms with Crippen molar-refractivity contribution in [1.29, 1.82) is 0 Å². The Hall–Kier alpha value is -2.61. The Kier molecular flexibility index (Phi) is 7.46. The molecule has 7 nitrogen and oxygen atoms in total. The largest absolute Gasteiger partial charge is 0.343 e. The van der Waals surface area contributed by atoms with Gasteiger partial charge in [-0.15, -0.1) is 11.3 Å². The Bertz CT molecular complexity index is 815. The molecule has 0 aliphatic heterocycles. The van der Waals surface area contributed by atoms with E-state index in [1.54, 1.807) is 0 Å². The van der Waals surface area contributed by atoms with Crippen LogP contribution in [-0.4, -0.2) is 29.6 Å². The zero-order valence-corrected chi connectivity index (χ0v) is 17.8. The number of hydrazine groups is 1. The van der Waals surface area contributed by atoms with Crippen LogP contribution < -0.4 is 21.1 Å². The first-order chi connectivity index (χ1) is 14.1. The third-order valence-electron chi connectivity index (χ3n) is 4.91. The molecule has 0 radical (unpaired) electrons. The van der Waals surface area contributed by atoms with E-state index in [0.29, 0.717) is 11.7 Å². The standard InChI is InChI=1S/C21H29N5O2S/c1-3-13-22-20(28)26(25-19(27)23-17-7-5-4-6-8-17)21-24-18(14-29-21)16-11-9-15(2)10-12-16/h9-12,14,17H,3-8,13H2,1-2H3,(H,22,28)(H2,23,25,27). The lowest BCUT2D eigenvalue weighted by molar-refractivity contribution is 0.225. The van der Waals surface area contributed by atoms with Crippen LogP contribution in [0.2, 0.25) is 0 Å². The maximum Gasteiger partial charge on any atom is 0.343 e. The van der Waals surface area contributed by atoms with Crippen LogP contribution in [0.3, 0.4) is 0 Å². The van der Waals surface area contributed by atoms with Crippen molar-refractivity contribution in [2.45, 2.75) is 58.4 Å². The molecule has 156 valence electrons. The fraction of sp³-hybridized carbons (Fsp3) is 0.476. The summed E-state index contributed by atoms with van der Waals surface area (Å²) in [6.45, 7) is 4.54. The van der Waals surface area contributed by atoms with Crippen LogP contribution in [0.25, 0.3) is 11.3 Å². The molecular weight excluding hydrogens is 386 g/mol. The number of carbonyl (C=O) groups is 2. The van der Waals surface area contributed by atoms with Crippen LogP contribution in [0.1, 0.15) is 51.0 Å². The maximum absolute atomic E-state index is 12.7. The second kappa shape index (κ2) is 10.2. The Morgan fingerprint density at radius 3 is 2.59 bits per heavy atom. The normalized spacial score (nSPS) is 14.3. The highest BCUT2D eigenvalue weighted by molar-refractivity contribution is 7.14. The highest BCUT2D eigenvalue weighted by Gasteiger charge is 2.23. The van der Waals surface area contributed by atoms with Gasteiger partial charge in [-0.05, 0) is 26.2 Å². The SMILES string of the molecule is CCCNC(=O)N(NC(=O)NC1CCCCC1)c1nc(-c2ccc(C)cc2)cs1. The molecule has 1 aliphatic carbocycles. The Labute approximate surface area is 175 Å². The number of hydrogen-bond donors (Lipinski definition) is 3. The van der Waals surface area contributed by atoms with E-state index in [-0.39, 0.29) is 12.1 Å². The number of nitrogens with one attached hydrogen (secondary N) is 3. The van der Waals surface area contributed by atoms with Gasteiger partial charge in [-0.3, -0.25) is 0 Å². The molecule has 3 rings (SSSR count). The lowest BCUT2D eigenvalue weighted by Gasteiger charge is -2.25. The number of aromatic nitrogens is 1. The van der Waals surface area contributed by atoms with Crippen molar-refractivity contribution in [3.63, 3.8) is 0 Å². The number of aryl methyl sites for hydroxylation is 1. The molecule has 1 aliphatic rings. The highest BCUT2D eigenvalue weighted by Crippen LogP contribution is 2.27. The van der Waals surface area contributed by atoms with Gasteiger partial charge in [-0.2, -0.15) is 5.01 Å². The van der Waals surface area contributed by atoms with Gasteiger partial charge < -0.3 is 10.6 Å². The molecule has 0 spiro atoms. The average Bonchev–Trinajstić information content (AvgIpc) is 3.21. The summed E-state index contributed by atoms with van der Waals surface area (Å²) in [5, 5.41) is 9.31. The lowest BCUT2D eigenvalue weighted by atomic mass is 9.96. The van der Waals surface area contributed by atoms with Crippen LogP contribution in [-0.2, 0) is 0 Å². The minimum atomic E-state index is -0.393. The smallest absolute Gasteiger partial charge is 0.336 e. The summed E-state index contributed by atoms with van der Waals surface area (Å²) < 4.78 is 0. The van der Waals surface area contributed by atoms with Crippen molar-refractivity contribution in [3.8, 4) is 11.3 Å². The molecule has 1 heterocycles. The fourth-order valence-corrected chi connectivity index (χ4v) is 4.08. The van der Waals surface area contributed by atoms with Crippen LogP contribution in [0.4, 0.5) is 14.7 Å². The average molecular weight is 416 g/mol. The van der Waals surface area contributed by atoms with Gasteiger partial charge in [0, 0.05) is 23.5 Å². The Balaban J connectivity index is 1.73. The van der Waals surface area contributed by atoms with Gasteiger partial charge in [0.05, 0.1) is 5.69 Å². The molecule has 1 aromatic heterocycles. The molecule has 0 atom stereocenters. The zero-order chi connectivity index (χ0) is 20.6. The predicted molar refractivity (Wildman–Crippen MR) is 117 cm³/mol. The van der Waals surface area contributed by atoms with E-state index in [0.717, 1.165) is 43.4 Å². The van der Waals surface area contributed by atoms with E-state index in [4.69, 9.17) is 0 Å². The predicted octanol–water partition coefficient (Wildman–Crippen LogP) is 4.59. The highest BCUT2D eigenvalue weighted by atomic mass is 32.1. The second-order valence-electron chi connectivity index (χ2n) is 7.37. The number of rotatable bonds is 5. The molecule has 8 heteroatoms. The number of hydrogen-bond acceptors (Lipinski definition) is 4. The maximum atomic E-state index is 12.7. The number of benzene rings is 1. The van der Waals surface area contributed by atoms with Gasteiger partial charge >= 0.3 is 12.1 Å². The first-order valence-corrected chi connectivity index (χ1v) is 11.1. The van der Waals surface area contributed by atoms with E-state index in [2.05, 4.69) is 21.0 Å². The van der Waals surface area contributed by atoms with E-state index in [9.17, 15) is 9.59 Å². The van der Waals surface area contributed by atoms with Gasteiger partial charge in [0.25, 0.3) is 0 Å². The van der Waals surface area contributed by atoms with Gasteiger partial charge in [0.1, 0.15) is 0 Å². The molecule has 29 heavy (non-hydrogen) atoms. The molecule has 1 fully saturated rings. The summed E-state index contributed by atoms with van der Waals surface area (Å²) in [7, 11) is 0. The molecule has 4 amide bonds. The van der Waals surface area contributed by atoms with Gasteiger partial charge in [0.15, 0.2) is 0 Å². The lowest BCUT2D eigenvalue weighted by Crippen LogP contribution is -2.55. The summed E-state index contributed by atoms with van der Waals surface area (Å²) in [5.74, 6) is 0. The van der Waals surface area contributed by atoms with Crippen molar-refractivity contribution in [2.75, 3.05) is 11.6 Å². The van der Waals surface area contributed by atoms with E-state index in [1.165, 1.54) is 28.3 Å². The number of nitrogens with zero attached hydrogens (tertiary/aromatic N) is 2. The molecule has 0 saturated heterocycles. The summed E-state index contributed by atoms with van der Waals surface area (Å²) in [6.07, 6.45) is 6.22. The van der Waals surface area contributed by atoms with E-state index >= 15 is 0 Å². The molecular formula is C21H29N5O2S. The molecule has 0 unspecified atom stereocenters. The summed E-state index contributed by atoms with van der Waals surface area (Å²) in [6, 6.07) is 7.43. The Morgan fingerprint density at radius 2 is 1.90 bits per heavy atom. The van der Waals surface area contributed by atoms with Crippen molar-refractivity contribution < 1.29 is 9.59 Å². The molecule has 0 bridgehead atoms. The number of anilines is 1. The molecule has 2 aromatic rings. The van der Waals surface area contributed by atoms with Crippen LogP contribution in [0, 0.1) is 6.92 Å². The van der Waals surface area contributed by atoms with Gasteiger partial charge in [-0.1, -0.05) is 56.0 Å². The van der Waals surface area contributed by atoms with E-state index in [1.807, 2.05) is 43.5 Å². The third kappa shape index (κ3) is 5.93. The van der Waals surface area contributed by atoms with Crippen molar-refractivity contribution in [3.05, 3.63) is 35.2 Å². The first kappa shape index (κ1) is 21.1. The van der Waals surface area contributed by atoms with Gasteiger partial charge in [0.2, 0.25) is 5.13 Å². The molecule has 1 saturated carbocycles. The van der Waals surface area contributed by atoms with Crippen molar-refractivity contribution >= 4 is 28.5 Å². The number of urea groups is 2. The summed E-state index contributed by atoms with van der Waals surface area (Å²) in [5.41, 5.74) is 5.60. The number of thiazole rings is 1. The topological polar surface area (TPSA) is 86.4 Å². The monoisotopic (exact) mass is 415 g/mol. The molecule has 1 aromatic carbocycles.